The van der Waals surface area contributed by atoms with Crippen LogP contribution in [-0.2, 0) is 16.2 Å². The summed E-state index contributed by atoms with van der Waals surface area (Å²) in [7, 11) is 0. The van der Waals surface area contributed by atoms with Crippen LogP contribution in [0.1, 0.15) is 66.8 Å². The Morgan fingerprint density at radius 3 is 1.25 bits per heavy atom. The molecule has 0 bridgehead atoms. The number of nitrogens with zero attached hydrogens (tertiary/aromatic N) is 1. The molecule has 102 heavy (non-hydrogen) atoms. The van der Waals surface area contributed by atoms with Gasteiger partial charge in [0.2, 0.25) is 0 Å². The number of fused-ring (bicyclic) bond motifs is 36. The zero-order valence-corrected chi connectivity index (χ0v) is 59.8. The van der Waals surface area contributed by atoms with Crippen LogP contribution in [0.4, 0.5) is 0 Å². The van der Waals surface area contributed by atoms with E-state index in [-0.39, 0.29) is 16.2 Å². The second-order valence-corrected chi connectivity index (χ2v) is 30.3. The molecule has 476 valence electrons. The summed E-state index contributed by atoms with van der Waals surface area (Å²) in [6.07, 6.45) is 1.88. The monoisotopic (exact) mass is 1490 g/mol. The molecule has 1 nitrogen and oxygen atoms in total. The fraction of sp³-hybridized carbons (Fsp3) is 0.0306. The second kappa shape index (κ2) is 22.7. The first-order valence-electron chi connectivity index (χ1n) is 35.0. The van der Waals surface area contributed by atoms with E-state index in [1.165, 1.54) is 183 Å². The number of rotatable bonds is 2. The summed E-state index contributed by atoms with van der Waals surface area (Å²) in [6, 6.07) is 127. The average Bonchev–Trinajstić information content (AvgIpc) is 1.52. The predicted octanol–water partition coefficient (Wildman–Crippen LogP) is 26.6. The van der Waals surface area contributed by atoms with Crippen LogP contribution in [0.5, 0.6) is 0 Å². The molecule has 6 aliphatic carbocycles. The maximum absolute atomic E-state index is 4.75. The molecule has 4 heteroatoms. The molecular weight excluding hydrogens is 1430 g/mol. The van der Waals surface area contributed by atoms with E-state index in [9.17, 15) is 0 Å². The van der Waals surface area contributed by atoms with Crippen molar-refractivity contribution in [1.29, 1.82) is 0 Å². The number of aromatic nitrogens is 1. The average molecular weight is 1490 g/mol. The lowest BCUT2D eigenvalue weighted by atomic mass is 9.69. The number of pyridine rings is 1. The molecule has 0 amide bonds. The van der Waals surface area contributed by atoms with Crippen molar-refractivity contribution in [3.05, 3.63) is 432 Å². The van der Waals surface area contributed by atoms with Gasteiger partial charge in [0.1, 0.15) is 0 Å². The van der Waals surface area contributed by atoms with Gasteiger partial charge in [-0.25, -0.2) is 0 Å². The second-order valence-electron chi connectivity index (χ2n) is 27.6. The molecule has 1 aromatic heterocycles. The number of benzene rings is 16. The maximum atomic E-state index is 4.75. The van der Waals surface area contributed by atoms with Crippen LogP contribution in [0.2, 0.25) is 0 Å². The van der Waals surface area contributed by atoms with Crippen molar-refractivity contribution in [3.8, 4) is 89.1 Å². The lowest BCUT2D eigenvalue weighted by Crippen LogP contribution is -2.26. The molecule has 0 radical (unpaired) electrons. The van der Waals surface area contributed by atoms with Crippen molar-refractivity contribution < 1.29 is 0 Å². The van der Waals surface area contributed by atoms with Crippen LogP contribution in [-0.4, -0.2) is 4.98 Å². The summed E-state index contributed by atoms with van der Waals surface area (Å²) in [5.74, 6) is 0. The highest BCUT2D eigenvalue weighted by molar-refractivity contribution is 9.11. The Morgan fingerprint density at radius 1 is 0.216 bits per heavy atom. The summed E-state index contributed by atoms with van der Waals surface area (Å²) in [5.41, 5.74) is 36.1. The van der Waals surface area contributed by atoms with Gasteiger partial charge in [-0.2, -0.15) is 0 Å². The molecule has 3 spiro atoms. The molecule has 1 heterocycles. The van der Waals surface area contributed by atoms with Crippen molar-refractivity contribution in [2.24, 2.45) is 0 Å². The fourth-order valence-electron chi connectivity index (χ4n) is 19.5. The highest BCUT2D eigenvalue weighted by atomic mass is 79.9. The fourth-order valence-corrected chi connectivity index (χ4v) is 20.8. The zero-order chi connectivity index (χ0) is 67.6. The molecule has 0 saturated carbocycles. The molecule has 16 aromatic carbocycles. The minimum atomic E-state index is -0.380. The first-order chi connectivity index (χ1) is 50.4. The SMILES string of the molecule is Brc1ccc2c(c1)C1(c3ccccc3-c3c(-c4ccccn4)cccc31)c1ccc3ccccc3c1-2.Brc1ccc2c(c1)C1(c3ccccc3-c3ccccc31)c1cc(-c3ccccc3)c3ccccc3c1-2.Brc1cccc2c1-c1ccc3ccccc3c1C21c2ccccc2-c2ccccc21. The van der Waals surface area contributed by atoms with E-state index < -0.39 is 0 Å². The van der Waals surface area contributed by atoms with Gasteiger partial charge in [-0.1, -0.05) is 345 Å². The van der Waals surface area contributed by atoms with Crippen LogP contribution in [0.15, 0.2) is 365 Å². The van der Waals surface area contributed by atoms with Gasteiger partial charge in [0.15, 0.2) is 0 Å². The van der Waals surface area contributed by atoms with Gasteiger partial charge in [-0.15, -0.1) is 0 Å². The van der Waals surface area contributed by atoms with E-state index in [4.69, 9.17) is 4.98 Å². The minimum absolute atomic E-state index is 0.289. The summed E-state index contributed by atoms with van der Waals surface area (Å²) >= 11 is 11.5. The third-order valence-corrected chi connectivity index (χ3v) is 24.7. The topological polar surface area (TPSA) is 12.9 Å². The van der Waals surface area contributed by atoms with E-state index >= 15 is 0 Å². The largest absolute Gasteiger partial charge is 0.256 e. The molecular formula is C98H58Br3N. The Hall–Kier alpha value is -11.1. The first-order valence-corrected chi connectivity index (χ1v) is 37.4. The van der Waals surface area contributed by atoms with Crippen LogP contribution >= 0.6 is 47.8 Å². The molecule has 0 fully saturated rings. The summed E-state index contributed by atoms with van der Waals surface area (Å²) < 4.78 is 3.38. The predicted molar refractivity (Wildman–Crippen MR) is 433 cm³/mol. The zero-order valence-electron chi connectivity index (χ0n) is 55.1. The van der Waals surface area contributed by atoms with Gasteiger partial charge in [0, 0.05) is 30.7 Å². The van der Waals surface area contributed by atoms with Crippen LogP contribution in [0, 0.1) is 0 Å². The Balaban J connectivity index is 0.0000001000. The van der Waals surface area contributed by atoms with Crippen molar-refractivity contribution in [2.75, 3.05) is 0 Å². The van der Waals surface area contributed by atoms with Crippen LogP contribution < -0.4 is 0 Å². The quantitative estimate of drug-likeness (QED) is 0.168. The van der Waals surface area contributed by atoms with Crippen molar-refractivity contribution in [3.63, 3.8) is 0 Å². The summed E-state index contributed by atoms with van der Waals surface area (Å²) in [4.78, 5) is 4.75. The van der Waals surface area contributed by atoms with Gasteiger partial charge < -0.3 is 0 Å². The highest BCUT2D eigenvalue weighted by Gasteiger charge is 2.56. The van der Waals surface area contributed by atoms with Gasteiger partial charge >= 0.3 is 0 Å². The van der Waals surface area contributed by atoms with E-state index in [1.54, 1.807) is 0 Å². The maximum Gasteiger partial charge on any atom is 0.0731 e. The van der Waals surface area contributed by atoms with Crippen LogP contribution in [0.3, 0.4) is 0 Å². The van der Waals surface area contributed by atoms with Crippen molar-refractivity contribution in [2.45, 2.75) is 16.2 Å². The first kappa shape index (κ1) is 59.7. The highest BCUT2D eigenvalue weighted by Crippen LogP contribution is 2.69. The molecule has 17 aromatic rings. The number of halogens is 3. The van der Waals surface area contributed by atoms with Gasteiger partial charge in [0.25, 0.3) is 0 Å². The normalized spacial score (nSPS) is 15.0. The summed E-state index contributed by atoms with van der Waals surface area (Å²) in [6.45, 7) is 0. The molecule has 0 saturated heterocycles. The number of hydrogen-bond acceptors (Lipinski definition) is 1. The Kier molecular flexibility index (Phi) is 13.3. The Labute approximate surface area is 617 Å². The van der Waals surface area contributed by atoms with E-state index in [2.05, 4.69) is 388 Å². The Morgan fingerprint density at radius 2 is 0.637 bits per heavy atom. The van der Waals surface area contributed by atoms with Crippen molar-refractivity contribution in [1.82, 2.24) is 4.98 Å². The van der Waals surface area contributed by atoms with E-state index in [0.29, 0.717) is 0 Å². The molecule has 6 aliphatic rings. The smallest absolute Gasteiger partial charge is 0.0731 e. The van der Waals surface area contributed by atoms with E-state index in [1.807, 2.05) is 12.3 Å². The lowest BCUT2D eigenvalue weighted by Gasteiger charge is -2.31. The molecule has 23 rings (SSSR count). The third kappa shape index (κ3) is 8.00. The molecule has 1 unspecified atom stereocenters. The molecule has 0 aliphatic heterocycles. The summed E-state index contributed by atoms with van der Waals surface area (Å²) in [5, 5.41) is 7.83. The van der Waals surface area contributed by atoms with Crippen LogP contribution in [0.25, 0.3) is 121 Å². The van der Waals surface area contributed by atoms with Crippen molar-refractivity contribution >= 4 is 80.1 Å². The van der Waals surface area contributed by atoms with Gasteiger partial charge in [-0.3, -0.25) is 4.98 Å². The molecule has 1 atom stereocenters. The molecule has 0 N–H and O–H groups in total. The van der Waals surface area contributed by atoms with Gasteiger partial charge in [-0.05, 0) is 220 Å². The Bertz CT molecular complexity index is 6340. The third-order valence-electron chi connectivity index (χ3n) is 23.1. The number of hydrogen-bond donors (Lipinski definition) is 0. The minimum Gasteiger partial charge on any atom is -0.256 e. The van der Waals surface area contributed by atoms with E-state index in [0.717, 1.165) is 19.1 Å². The lowest BCUT2D eigenvalue weighted by molar-refractivity contribution is 0.794. The van der Waals surface area contributed by atoms with Gasteiger partial charge in [0.05, 0.1) is 21.9 Å². The standard InChI is InChI=1S/C35H21Br.C34H20BrN.C29H17Br/c36-23-18-19-28-32(20-23)35(30-16-8-6-13-25(30)26-14-7-9-17-31(26)35)33-21-29(22-10-2-1-3-11-22)24-12-4-5-15-27(24)34(28)33;35-22-16-17-25-30(20-22)34(29-18-15-21-8-1-2-9-23(21)32(25)29)27-12-4-3-10-24(27)33-26(11-7-13-28(33)34)31-14-5-6-19-36-31;30-26-15-7-14-25-27(26)22-17-16-18-8-1-2-9-19(18)28(22)29(25)23-12-5-3-10-20(23)21-11-4-6-13-24(21)29/h1-21H;1-20H;1-17H.